The minimum absolute atomic E-state index is 0.104. The summed E-state index contributed by atoms with van der Waals surface area (Å²) < 4.78 is 5.68. The maximum Gasteiger partial charge on any atom is 0.0850 e. The van der Waals surface area contributed by atoms with Crippen molar-refractivity contribution in [3.8, 4) is 0 Å². The third-order valence-electron chi connectivity index (χ3n) is 3.74. The Bertz CT molecular complexity index is 403. The van der Waals surface area contributed by atoms with E-state index in [4.69, 9.17) is 10.5 Å². The highest BCUT2D eigenvalue weighted by Crippen LogP contribution is 2.15. The molecule has 0 aromatic heterocycles. The van der Waals surface area contributed by atoms with E-state index in [-0.39, 0.29) is 12.1 Å². The Balaban J connectivity index is 1.98. The molecule has 0 spiro atoms. The Morgan fingerprint density at radius 2 is 2.17 bits per heavy atom. The van der Waals surface area contributed by atoms with E-state index in [1.54, 1.807) is 0 Å². The topological polar surface area (TPSA) is 38.5 Å². The molecule has 18 heavy (non-hydrogen) atoms. The molecule has 1 aromatic rings. The van der Waals surface area contributed by atoms with Gasteiger partial charge in [-0.15, -0.1) is 0 Å². The molecule has 2 N–H and O–H groups in total. The number of rotatable bonds is 3. The fourth-order valence-electron chi connectivity index (χ4n) is 2.35. The molecule has 1 aromatic carbocycles. The van der Waals surface area contributed by atoms with E-state index >= 15 is 0 Å². The van der Waals surface area contributed by atoms with Crippen molar-refractivity contribution in [1.29, 1.82) is 0 Å². The van der Waals surface area contributed by atoms with Crippen molar-refractivity contribution >= 4 is 0 Å². The van der Waals surface area contributed by atoms with Crippen LogP contribution in [0.1, 0.15) is 23.6 Å². The second-order valence-corrected chi connectivity index (χ2v) is 5.42. The van der Waals surface area contributed by atoms with Crippen molar-refractivity contribution in [1.82, 2.24) is 4.90 Å². The second kappa shape index (κ2) is 5.83. The molecule has 2 rings (SSSR count). The van der Waals surface area contributed by atoms with E-state index in [0.717, 1.165) is 26.2 Å². The number of nitrogens with two attached hydrogens (primary N) is 1. The Kier molecular flexibility index (Phi) is 4.38. The first-order valence-corrected chi connectivity index (χ1v) is 6.72. The fraction of sp³-hybridized carbons (Fsp3) is 0.600. The molecule has 1 aliphatic heterocycles. The Labute approximate surface area is 110 Å². The lowest BCUT2D eigenvalue weighted by Gasteiger charge is -2.34. The summed E-state index contributed by atoms with van der Waals surface area (Å²) >= 11 is 0. The van der Waals surface area contributed by atoms with Gasteiger partial charge in [0.2, 0.25) is 0 Å². The molecule has 2 unspecified atom stereocenters. The Hall–Kier alpha value is -0.900. The number of hydrogen-bond acceptors (Lipinski definition) is 3. The van der Waals surface area contributed by atoms with Gasteiger partial charge in [-0.1, -0.05) is 18.2 Å². The van der Waals surface area contributed by atoms with Crippen LogP contribution >= 0.6 is 0 Å². The minimum atomic E-state index is 0.104. The normalized spacial score (nSPS) is 23.0. The van der Waals surface area contributed by atoms with Crippen LogP contribution in [0.2, 0.25) is 0 Å². The predicted molar refractivity (Wildman–Crippen MR) is 74.6 cm³/mol. The van der Waals surface area contributed by atoms with E-state index < -0.39 is 0 Å². The van der Waals surface area contributed by atoms with Crippen LogP contribution in [0, 0.1) is 13.8 Å². The molecule has 0 amide bonds. The summed E-state index contributed by atoms with van der Waals surface area (Å²) in [6, 6.07) is 6.81. The quantitative estimate of drug-likeness (QED) is 0.887. The van der Waals surface area contributed by atoms with E-state index in [9.17, 15) is 0 Å². The first-order chi connectivity index (χ1) is 8.56. The molecular formula is C15H24N2O. The molecule has 2 atom stereocenters. The van der Waals surface area contributed by atoms with E-state index in [0.29, 0.717) is 0 Å². The SMILES string of the molecule is Cc1ccc(CN2CCOC(C(C)N)C2)cc1C. The molecule has 1 heterocycles. The summed E-state index contributed by atoms with van der Waals surface area (Å²) in [5.41, 5.74) is 10.0. The van der Waals surface area contributed by atoms with Crippen LogP contribution < -0.4 is 5.73 Å². The van der Waals surface area contributed by atoms with Gasteiger partial charge in [-0.2, -0.15) is 0 Å². The van der Waals surface area contributed by atoms with Crippen molar-refractivity contribution in [2.24, 2.45) is 5.73 Å². The maximum absolute atomic E-state index is 5.92. The first-order valence-electron chi connectivity index (χ1n) is 6.72. The molecule has 0 aliphatic carbocycles. The molecule has 0 radical (unpaired) electrons. The van der Waals surface area contributed by atoms with Crippen LogP contribution in [0.3, 0.4) is 0 Å². The van der Waals surface area contributed by atoms with Crippen molar-refractivity contribution < 1.29 is 4.74 Å². The van der Waals surface area contributed by atoms with Crippen LogP contribution in [0.4, 0.5) is 0 Å². The molecule has 3 nitrogen and oxygen atoms in total. The fourth-order valence-corrected chi connectivity index (χ4v) is 2.35. The van der Waals surface area contributed by atoms with Crippen LogP contribution in [0.25, 0.3) is 0 Å². The predicted octanol–water partition coefficient (Wildman–Crippen LogP) is 1.85. The standard InChI is InChI=1S/C15H24N2O/c1-11-4-5-14(8-12(11)2)9-17-6-7-18-15(10-17)13(3)16/h4-5,8,13,15H,6-7,9-10,16H2,1-3H3. The third-order valence-corrected chi connectivity index (χ3v) is 3.74. The molecule has 1 saturated heterocycles. The van der Waals surface area contributed by atoms with Gasteiger partial charge >= 0.3 is 0 Å². The van der Waals surface area contributed by atoms with E-state index in [2.05, 4.69) is 36.9 Å². The van der Waals surface area contributed by atoms with E-state index in [1.165, 1.54) is 16.7 Å². The van der Waals surface area contributed by atoms with Crippen LogP contribution in [-0.4, -0.2) is 36.7 Å². The van der Waals surface area contributed by atoms with Gasteiger partial charge in [-0.05, 0) is 37.5 Å². The lowest BCUT2D eigenvalue weighted by Crippen LogP contribution is -2.49. The minimum Gasteiger partial charge on any atom is -0.374 e. The van der Waals surface area contributed by atoms with Gasteiger partial charge in [0.25, 0.3) is 0 Å². The highest BCUT2D eigenvalue weighted by atomic mass is 16.5. The number of morpholine rings is 1. The number of benzene rings is 1. The monoisotopic (exact) mass is 248 g/mol. The summed E-state index contributed by atoms with van der Waals surface area (Å²) in [5, 5.41) is 0. The van der Waals surface area contributed by atoms with Crippen LogP contribution in [0.15, 0.2) is 18.2 Å². The zero-order valence-corrected chi connectivity index (χ0v) is 11.6. The summed E-state index contributed by atoms with van der Waals surface area (Å²) in [6.07, 6.45) is 0.172. The summed E-state index contributed by atoms with van der Waals surface area (Å²) in [7, 11) is 0. The zero-order chi connectivity index (χ0) is 13.1. The van der Waals surface area contributed by atoms with Crippen LogP contribution in [-0.2, 0) is 11.3 Å². The molecule has 3 heteroatoms. The highest BCUT2D eigenvalue weighted by molar-refractivity contribution is 5.29. The maximum atomic E-state index is 5.92. The van der Waals surface area contributed by atoms with Crippen molar-refractivity contribution in [3.63, 3.8) is 0 Å². The number of nitrogens with zero attached hydrogens (tertiary/aromatic N) is 1. The summed E-state index contributed by atoms with van der Waals surface area (Å²) in [5.74, 6) is 0. The lowest BCUT2D eigenvalue weighted by atomic mass is 10.1. The highest BCUT2D eigenvalue weighted by Gasteiger charge is 2.23. The van der Waals surface area contributed by atoms with Crippen molar-refractivity contribution in [3.05, 3.63) is 34.9 Å². The zero-order valence-electron chi connectivity index (χ0n) is 11.6. The average molecular weight is 248 g/mol. The molecule has 100 valence electrons. The van der Waals surface area contributed by atoms with Gasteiger partial charge in [0, 0.05) is 25.7 Å². The molecule has 0 saturated carbocycles. The van der Waals surface area contributed by atoms with Crippen molar-refractivity contribution in [2.75, 3.05) is 19.7 Å². The van der Waals surface area contributed by atoms with Gasteiger partial charge in [-0.3, -0.25) is 4.90 Å². The smallest absolute Gasteiger partial charge is 0.0850 e. The third kappa shape index (κ3) is 3.31. The first kappa shape index (κ1) is 13.5. The number of hydrogen-bond donors (Lipinski definition) is 1. The molecule has 0 bridgehead atoms. The van der Waals surface area contributed by atoms with Gasteiger partial charge < -0.3 is 10.5 Å². The van der Waals surface area contributed by atoms with Gasteiger partial charge in [0.05, 0.1) is 12.7 Å². The summed E-state index contributed by atoms with van der Waals surface area (Å²) in [4.78, 5) is 2.43. The van der Waals surface area contributed by atoms with E-state index in [1.807, 2.05) is 6.92 Å². The molecule has 1 fully saturated rings. The van der Waals surface area contributed by atoms with Crippen molar-refractivity contribution in [2.45, 2.75) is 39.5 Å². The molecular weight excluding hydrogens is 224 g/mol. The van der Waals surface area contributed by atoms with Gasteiger partial charge in [0.15, 0.2) is 0 Å². The number of ether oxygens (including phenoxy) is 1. The molecule has 1 aliphatic rings. The Morgan fingerprint density at radius 3 is 2.83 bits per heavy atom. The lowest BCUT2D eigenvalue weighted by molar-refractivity contribution is -0.0403. The van der Waals surface area contributed by atoms with Gasteiger partial charge in [0.1, 0.15) is 0 Å². The summed E-state index contributed by atoms with van der Waals surface area (Å²) in [6.45, 7) is 10.1. The Morgan fingerprint density at radius 1 is 1.39 bits per heavy atom. The second-order valence-electron chi connectivity index (χ2n) is 5.42. The van der Waals surface area contributed by atoms with Crippen LogP contribution in [0.5, 0.6) is 0 Å². The largest absolute Gasteiger partial charge is 0.374 e. The average Bonchev–Trinajstić information content (AvgIpc) is 2.34. The number of aryl methyl sites for hydroxylation is 2. The van der Waals surface area contributed by atoms with Gasteiger partial charge in [-0.25, -0.2) is 0 Å².